The number of nitrogens with zero attached hydrogens (tertiary/aromatic N) is 7. The smallest absolute Gasteiger partial charge is 0.234 e. The molecule has 24 heavy (non-hydrogen) atoms. The molecule has 5 heterocycles. The maximum Gasteiger partial charge on any atom is 0.234 e. The van der Waals surface area contributed by atoms with Gasteiger partial charge in [0, 0.05) is 30.4 Å². The quantitative estimate of drug-likeness (QED) is 0.500. The Morgan fingerprint density at radius 3 is 2.67 bits per heavy atom. The molecule has 0 aliphatic rings. The lowest BCUT2D eigenvalue weighted by atomic mass is 10.1. The molecule has 0 N–H and O–H groups in total. The molecule has 0 radical (unpaired) electrons. The molecule has 0 unspecified atom stereocenters. The van der Waals surface area contributed by atoms with Crippen molar-refractivity contribution in [3.8, 4) is 22.6 Å². The van der Waals surface area contributed by atoms with Crippen LogP contribution in [-0.4, -0.2) is 34.0 Å². The summed E-state index contributed by atoms with van der Waals surface area (Å²) in [4.78, 5) is 13.5. The van der Waals surface area contributed by atoms with Gasteiger partial charge in [0.25, 0.3) is 0 Å². The molecular formula is C17H11N7. The Hall–Kier alpha value is -3.61. The van der Waals surface area contributed by atoms with E-state index in [0.717, 1.165) is 28.3 Å². The van der Waals surface area contributed by atoms with E-state index in [2.05, 4.69) is 20.2 Å². The Bertz CT molecular complexity index is 1080. The number of rotatable bonds is 2. The summed E-state index contributed by atoms with van der Waals surface area (Å²) >= 11 is 0. The normalized spacial score (nSPS) is 11.3. The zero-order valence-electron chi connectivity index (χ0n) is 12.5. The molecule has 5 rings (SSSR count). The minimum atomic E-state index is 0.657. The lowest BCUT2D eigenvalue weighted by molar-refractivity contribution is 1.10. The van der Waals surface area contributed by atoms with Crippen LogP contribution in [0.2, 0.25) is 0 Å². The van der Waals surface area contributed by atoms with Crippen LogP contribution in [-0.2, 0) is 0 Å². The average molecular weight is 313 g/mol. The third-order valence-corrected chi connectivity index (χ3v) is 3.87. The van der Waals surface area contributed by atoms with Gasteiger partial charge in [-0.25, -0.2) is 15.0 Å². The highest BCUT2D eigenvalue weighted by Crippen LogP contribution is 2.22. The molecule has 7 heteroatoms. The van der Waals surface area contributed by atoms with E-state index in [1.54, 1.807) is 12.5 Å². The Labute approximate surface area is 136 Å². The predicted molar refractivity (Wildman–Crippen MR) is 88.2 cm³/mol. The van der Waals surface area contributed by atoms with Crippen LogP contribution >= 0.6 is 0 Å². The van der Waals surface area contributed by atoms with Gasteiger partial charge in [0.15, 0.2) is 5.65 Å². The summed E-state index contributed by atoms with van der Waals surface area (Å²) in [6.45, 7) is 0. The molecule has 0 fully saturated rings. The minimum Gasteiger partial charge on any atom is -0.291 e. The number of fused-ring (bicyclic) bond motifs is 2. The summed E-state index contributed by atoms with van der Waals surface area (Å²) in [7, 11) is 0. The van der Waals surface area contributed by atoms with Crippen molar-refractivity contribution >= 4 is 11.4 Å². The van der Waals surface area contributed by atoms with Gasteiger partial charge in [-0.15, -0.1) is 10.2 Å². The molecule has 0 aliphatic heterocycles. The molecule has 0 aliphatic carbocycles. The van der Waals surface area contributed by atoms with E-state index in [-0.39, 0.29) is 0 Å². The molecule has 0 atom stereocenters. The highest BCUT2D eigenvalue weighted by Gasteiger charge is 2.07. The fourth-order valence-electron chi connectivity index (χ4n) is 2.66. The summed E-state index contributed by atoms with van der Waals surface area (Å²) < 4.78 is 3.73. The van der Waals surface area contributed by atoms with Gasteiger partial charge in [0.05, 0.1) is 17.1 Å². The van der Waals surface area contributed by atoms with Gasteiger partial charge in [-0.1, -0.05) is 6.07 Å². The van der Waals surface area contributed by atoms with E-state index in [1.807, 2.05) is 63.8 Å². The fraction of sp³-hybridized carbons (Fsp3) is 0. The Morgan fingerprint density at radius 1 is 0.792 bits per heavy atom. The SMILES string of the molecule is c1cc(-c2ccn3cnnc3c2)nc(-c2ccn3ccnc3n2)c1. The first-order valence-electron chi connectivity index (χ1n) is 7.44. The first kappa shape index (κ1) is 12.9. The minimum absolute atomic E-state index is 0.657. The second-order valence-corrected chi connectivity index (χ2v) is 5.37. The van der Waals surface area contributed by atoms with E-state index in [0.29, 0.717) is 5.78 Å². The van der Waals surface area contributed by atoms with Crippen molar-refractivity contribution in [2.45, 2.75) is 0 Å². The standard InChI is InChI=1S/C17H11N7/c1-2-13(12-4-7-24-11-19-22-16(24)10-12)20-14(3-1)15-5-8-23-9-6-18-17(23)21-15/h1-11H. The van der Waals surface area contributed by atoms with E-state index >= 15 is 0 Å². The molecule has 5 aromatic rings. The monoisotopic (exact) mass is 313 g/mol. The lowest BCUT2D eigenvalue weighted by Crippen LogP contribution is -1.94. The fourth-order valence-corrected chi connectivity index (χ4v) is 2.66. The second-order valence-electron chi connectivity index (χ2n) is 5.37. The first-order valence-corrected chi connectivity index (χ1v) is 7.44. The van der Waals surface area contributed by atoms with Gasteiger partial charge in [-0.2, -0.15) is 0 Å². The lowest BCUT2D eigenvalue weighted by Gasteiger charge is -2.05. The topological polar surface area (TPSA) is 73.3 Å². The molecule has 5 aromatic heterocycles. The van der Waals surface area contributed by atoms with Gasteiger partial charge in [0.2, 0.25) is 5.78 Å². The number of pyridine rings is 2. The molecule has 0 bridgehead atoms. The van der Waals surface area contributed by atoms with Crippen LogP contribution in [0.1, 0.15) is 0 Å². The highest BCUT2D eigenvalue weighted by molar-refractivity contribution is 5.67. The van der Waals surface area contributed by atoms with Crippen molar-refractivity contribution in [2.75, 3.05) is 0 Å². The van der Waals surface area contributed by atoms with Crippen LogP contribution in [0.25, 0.3) is 34.1 Å². The number of hydrogen-bond acceptors (Lipinski definition) is 5. The van der Waals surface area contributed by atoms with Crippen LogP contribution in [0.4, 0.5) is 0 Å². The van der Waals surface area contributed by atoms with Crippen LogP contribution in [0, 0.1) is 0 Å². The third kappa shape index (κ3) is 2.03. The van der Waals surface area contributed by atoms with Gasteiger partial charge >= 0.3 is 0 Å². The van der Waals surface area contributed by atoms with Gasteiger partial charge < -0.3 is 0 Å². The summed E-state index contributed by atoms with van der Waals surface area (Å²) in [5.41, 5.74) is 4.23. The maximum absolute atomic E-state index is 4.74. The van der Waals surface area contributed by atoms with Crippen molar-refractivity contribution in [1.29, 1.82) is 0 Å². The number of hydrogen-bond donors (Lipinski definition) is 0. The van der Waals surface area contributed by atoms with Crippen LogP contribution in [0.15, 0.2) is 67.5 Å². The average Bonchev–Trinajstić information content (AvgIpc) is 3.29. The van der Waals surface area contributed by atoms with Gasteiger partial charge in [0.1, 0.15) is 6.33 Å². The second kappa shape index (κ2) is 4.95. The number of aromatic nitrogens is 7. The predicted octanol–water partition coefficient (Wildman–Crippen LogP) is 2.50. The molecule has 7 nitrogen and oxygen atoms in total. The molecular weight excluding hydrogens is 302 g/mol. The van der Waals surface area contributed by atoms with Gasteiger partial charge in [-0.05, 0) is 30.3 Å². The van der Waals surface area contributed by atoms with Crippen LogP contribution < -0.4 is 0 Å². The zero-order valence-corrected chi connectivity index (χ0v) is 12.5. The molecule has 0 saturated heterocycles. The molecule has 0 spiro atoms. The van der Waals surface area contributed by atoms with E-state index in [9.17, 15) is 0 Å². The largest absolute Gasteiger partial charge is 0.291 e. The van der Waals surface area contributed by atoms with E-state index in [1.165, 1.54) is 0 Å². The van der Waals surface area contributed by atoms with Crippen molar-refractivity contribution < 1.29 is 0 Å². The zero-order chi connectivity index (χ0) is 15.9. The van der Waals surface area contributed by atoms with Crippen molar-refractivity contribution in [2.24, 2.45) is 0 Å². The first-order chi connectivity index (χ1) is 11.9. The Kier molecular flexibility index (Phi) is 2.66. The third-order valence-electron chi connectivity index (χ3n) is 3.87. The van der Waals surface area contributed by atoms with Gasteiger partial charge in [-0.3, -0.25) is 8.80 Å². The highest BCUT2D eigenvalue weighted by atomic mass is 15.2. The molecule has 0 amide bonds. The molecule has 0 saturated carbocycles. The van der Waals surface area contributed by atoms with E-state index < -0.39 is 0 Å². The molecule has 0 aromatic carbocycles. The van der Waals surface area contributed by atoms with E-state index in [4.69, 9.17) is 4.98 Å². The summed E-state index contributed by atoms with van der Waals surface area (Å²) in [6.07, 6.45) is 9.12. The van der Waals surface area contributed by atoms with Crippen LogP contribution in [0.3, 0.4) is 0 Å². The molecule has 114 valence electrons. The maximum atomic E-state index is 4.74. The Balaban J connectivity index is 1.62. The summed E-state index contributed by atoms with van der Waals surface area (Å²) in [5.74, 6) is 0.657. The van der Waals surface area contributed by atoms with Crippen LogP contribution in [0.5, 0.6) is 0 Å². The van der Waals surface area contributed by atoms with Crippen molar-refractivity contribution in [3.63, 3.8) is 0 Å². The van der Waals surface area contributed by atoms with Crippen molar-refractivity contribution in [3.05, 3.63) is 67.5 Å². The summed E-state index contributed by atoms with van der Waals surface area (Å²) in [5, 5.41) is 7.97. The summed E-state index contributed by atoms with van der Waals surface area (Å²) in [6, 6.07) is 11.8. The Morgan fingerprint density at radius 2 is 1.67 bits per heavy atom. The number of imidazole rings is 1. The van der Waals surface area contributed by atoms with Crippen molar-refractivity contribution in [1.82, 2.24) is 34.0 Å².